The van der Waals surface area contributed by atoms with Gasteiger partial charge in [0.25, 0.3) is 5.91 Å². The number of hydrogen-bond donors (Lipinski definition) is 0. The second-order valence-corrected chi connectivity index (χ2v) is 4.83. The maximum Gasteiger partial charge on any atom is 0.254 e. The number of hydrogen-bond acceptors (Lipinski definition) is 2. The van der Waals surface area contributed by atoms with E-state index >= 15 is 0 Å². The molecule has 0 N–H and O–H groups in total. The first kappa shape index (κ1) is 13.0. The zero-order chi connectivity index (χ0) is 13.1. The molecule has 0 saturated carbocycles. The monoisotopic (exact) mass is 251 g/mol. The molecule has 1 atom stereocenters. The first-order valence-corrected chi connectivity index (χ1v) is 6.25. The molecule has 1 amide bonds. The van der Waals surface area contributed by atoms with E-state index in [1.807, 2.05) is 13.8 Å². The molecule has 1 saturated heterocycles. The zero-order valence-electron chi connectivity index (χ0n) is 10.7. The maximum absolute atomic E-state index is 13.2. The van der Waals surface area contributed by atoms with Crippen LogP contribution in [0.1, 0.15) is 30.6 Å². The van der Waals surface area contributed by atoms with Crippen LogP contribution in [0.2, 0.25) is 0 Å². The summed E-state index contributed by atoms with van der Waals surface area (Å²) in [6.07, 6.45) is 0.846. The Balaban J connectivity index is 2.22. The van der Waals surface area contributed by atoms with E-state index in [0.29, 0.717) is 18.8 Å². The molecule has 1 fully saturated rings. The molecule has 3 nitrogen and oxygen atoms in total. The number of halogens is 1. The van der Waals surface area contributed by atoms with Gasteiger partial charge in [0.1, 0.15) is 5.82 Å². The van der Waals surface area contributed by atoms with Gasteiger partial charge >= 0.3 is 0 Å². The van der Waals surface area contributed by atoms with Crippen LogP contribution in [-0.2, 0) is 4.74 Å². The Kier molecular flexibility index (Phi) is 3.97. The summed E-state index contributed by atoms with van der Waals surface area (Å²) in [5.74, 6) is -0.507. The van der Waals surface area contributed by atoms with E-state index in [-0.39, 0.29) is 23.8 Å². The van der Waals surface area contributed by atoms with Crippen molar-refractivity contribution in [1.82, 2.24) is 4.90 Å². The molecule has 98 valence electrons. The van der Waals surface area contributed by atoms with Gasteiger partial charge in [-0.05, 0) is 38.5 Å². The lowest BCUT2D eigenvalue weighted by Crippen LogP contribution is -2.45. The van der Waals surface area contributed by atoms with Gasteiger partial charge in [0, 0.05) is 18.2 Å². The van der Waals surface area contributed by atoms with Gasteiger partial charge in [0.05, 0.1) is 12.6 Å². The Morgan fingerprint density at radius 3 is 2.83 bits per heavy atom. The number of amides is 1. The van der Waals surface area contributed by atoms with Crippen molar-refractivity contribution in [3.8, 4) is 0 Å². The van der Waals surface area contributed by atoms with E-state index in [4.69, 9.17) is 4.74 Å². The summed E-state index contributed by atoms with van der Waals surface area (Å²) in [4.78, 5) is 14.2. The molecule has 1 aromatic carbocycles. The highest BCUT2D eigenvalue weighted by Gasteiger charge is 2.30. The molecule has 0 bridgehead atoms. The predicted octanol–water partition coefficient (Wildman–Crippen LogP) is 2.47. The molecule has 1 aliphatic rings. The summed E-state index contributed by atoms with van der Waals surface area (Å²) in [6, 6.07) is 6.01. The maximum atomic E-state index is 13.2. The minimum absolute atomic E-state index is 0.0764. The Bertz CT molecular complexity index is 428. The van der Waals surface area contributed by atoms with Crippen LogP contribution in [0.5, 0.6) is 0 Å². The smallest absolute Gasteiger partial charge is 0.254 e. The van der Waals surface area contributed by atoms with Crippen LogP contribution in [0.25, 0.3) is 0 Å². The van der Waals surface area contributed by atoms with E-state index in [9.17, 15) is 9.18 Å². The van der Waals surface area contributed by atoms with Gasteiger partial charge in [-0.1, -0.05) is 6.07 Å². The predicted molar refractivity (Wildman–Crippen MR) is 66.9 cm³/mol. The number of benzene rings is 1. The molecule has 1 aromatic rings. The van der Waals surface area contributed by atoms with E-state index < -0.39 is 0 Å². The van der Waals surface area contributed by atoms with Crippen LogP contribution < -0.4 is 0 Å². The lowest BCUT2D eigenvalue weighted by molar-refractivity contribution is 0.0581. The van der Waals surface area contributed by atoms with Crippen molar-refractivity contribution in [2.45, 2.75) is 32.4 Å². The molecule has 18 heavy (non-hydrogen) atoms. The second-order valence-electron chi connectivity index (χ2n) is 4.83. The van der Waals surface area contributed by atoms with Gasteiger partial charge in [-0.2, -0.15) is 0 Å². The number of nitrogens with zero attached hydrogens (tertiary/aromatic N) is 1. The largest absolute Gasteiger partial charge is 0.379 e. The van der Waals surface area contributed by atoms with Crippen molar-refractivity contribution in [3.05, 3.63) is 35.6 Å². The van der Waals surface area contributed by atoms with Crippen LogP contribution in [0, 0.1) is 5.82 Å². The van der Waals surface area contributed by atoms with E-state index in [1.54, 1.807) is 17.0 Å². The van der Waals surface area contributed by atoms with Crippen LogP contribution in [0.3, 0.4) is 0 Å². The highest BCUT2D eigenvalue weighted by molar-refractivity contribution is 5.94. The lowest BCUT2D eigenvalue weighted by Gasteiger charge is -2.32. The van der Waals surface area contributed by atoms with Crippen LogP contribution in [0.4, 0.5) is 4.39 Å². The van der Waals surface area contributed by atoms with Crippen LogP contribution >= 0.6 is 0 Å². The normalized spacial score (nSPS) is 19.2. The van der Waals surface area contributed by atoms with Crippen molar-refractivity contribution in [2.24, 2.45) is 0 Å². The van der Waals surface area contributed by atoms with Gasteiger partial charge in [-0.15, -0.1) is 0 Å². The summed E-state index contributed by atoms with van der Waals surface area (Å²) in [6.45, 7) is 5.19. The van der Waals surface area contributed by atoms with Crippen LogP contribution in [-0.4, -0.2) is 36.1 Å². The molecule has 2 rings (SSSR count). The Labute approximate surface area is 107 Å². The third-order valence-corrected chi connectivity index (χ3v) is 3.16. The lowest BCUT2D eigenvalue weighted by atomic mass is 10.1. The van der Waals surface area contributed by atoms with Crippen molar-refractivity contribution in [1.29, 1.82) is 0 Å². The molecule has 0 radical (unpaired) electrons. The molecule has 4 heteroatoms. The van der Waals surface area contributed by atoms with Crippen molar-refractivity contribution in [2.75, 3.05) is 13.2 Å². The van der Waals surface area contributed by atoms with Gasteiger partial charge in [0.2, 0.25) is 0 Å². The summed E-state index contributed by atoms with van der Waals surface area (Å²) in [5.41, 5.74) is 0.399. The quantitative estimate of drug-likeness (QED) is 0.826. The molecule has 1 heterocycles. The Morgan fingerprint density at radius 2 is 2.28 bits per heavy atom. The molecule has 0 aromatic heterocycles. The SMILES string of the molecule is CC(C)N(C(=O)c1cccc(F)c1)[C@@H]1CCOC1. The first-order valence-electron chi connectivity index (χ1n) is 6.25. The standard InChI is InChI=1S/C14H18FNO2/c1-10(2)16(13-6-7-18-9-13)14(17)11-4-3-5-12(15)8-11/h3-5,8,10,13H,6-7,9H2,1-2H3/t13-/m1/s1. The number of ether oxygens (including phenoxy) is 1. The fraction of sp³-hybridized carbons (Fsp3) is 0.500. The molecular weight excluding hydrogens is 233 g/mol. The zero-order valence-corrected chi connectivity index (χ0v) is 10.7. The van der Waals surface area contributed by atoms with Gasteiger partial charge in [-0.25, -0.2) is 4.39 Å². The van der Waals surface area contributed by atoms with E-state index in [0.717, 1.165) is 6.42 Å². The first-order chi connectivity index (χ1) is 8.59. The summed E-state index contributed by atoms with van der Waals surface area (Å²) >= 11 is 0. The van der Waals surface area contributed by atoms with Gasteiger partial charge in [-0.3, -0.25) is 4.79 Å². The van der Waals surface area contributed by atoms with E-state index in [1.165, 1.54) is 12.1 Å². The molecule has 0 unspecified atom stereocenters. The van der Waals surface area contributed by atoms with Crippen molar-refractivity contribution < 1.29 is 13.9 Å². The van der Waals surface area contributed by atoms with E-state index in [2.05, 4.69) is 0 Å². The summed E-state index contributed by atoms with van der Waals surface area (Å²) in [7, 11) is 0. The minimum atomic E-state index is -0.382. The fourth-order valence-electron chi connectivity index (χ4n) is 2.33. The molecule has 0 aliphatic carbocycles. The highest BCUT2D eigenvalue weighted by atomic mass is 19.1. The second kappa shape index (κ2) is 5.48. The number of carbonyl (C=O) groups excluding carboxylic acids is 1. The topological polar surface area (TPSA) is 29.5 Å². The van der Waals surface area contributed by atoms with Crippen molar-refractivity contribution >= 4 is 5.91 Å². The summed E-state index contributed by atoms with van der Waals surface area (Å²) in [5, 5.41) is 0. The average Bonchev–Trinajstić information content (AvgIpc) is 2.82. The Morgan fingerprint density at radius 1 is 1.50 bits per heavy atom. The number of rotatable bonds is 3. The molecule has 0 spiro atoms. The minimum Gasteiger partial charge on any atom is -0.379 e. The summed E-state index contributed by atoms with van der Waals surface area (Å²) < 4.78 is 18.5. The molecule has 1 aliphatic heterocycles. The third kappa shape index (κ3) is 2.70. The van der Waals surface area contributed by atoms with Crippen LogP contribution in [0.15, 0.2) is 24.3 Å². The van der Waals surface area contributed by atoms with Gasteiger partial charge < -0.3 is 9.64 Å². The number of carbonyl (C=O) groups is 1. The Hall–Kier alpha value is -1.42. The third-order valence-electron chi connectivity index (χ3n) is 3.16. The fourth-order valence-corrected chi connectivity index (χ4v) is 2.33. The molecular formula is C14H18FNO2. The average molecular weight is 251 g/mol. The van der Waals surface area contributed by atoms with Gasteiger partial charge in [0.15, 0.2) is 0 Å². The van der Waals surface area contributed by atoms with Crippen molar-refractivity contribution in [3.63, 3.8) is 0 Å². The highest BCUT2D eigenvalue weighted by Crippen LogP contribution is 2.19.